The third-order valence-corrected chi connectivity index (χ3v) is 2.58. The zero-order valence-electron chi connectivity index (χ0n) is 9.32. The second kappa shape index (κ2) is 4.61. The first-order valence-corrected chi connectivity index (χ1v) is 5.18. The van der Waals surface area contributed by atoms with E-state index < -0.39 is 4.92 Å². The monoisotopic (exact) mass is 244 g/mol. The van der Waals surface area contributed by atoms with Crippen LogP contribution in [0.25, 0.3) is 0 Å². The van der Waals surface area contributed by atoms with Crippen molar-refractivity contribution < 1.29 is 4.92 Å². The SMILES string of the molecule is CCC(C)(C)Nc1ncnc(Cl)c1[N+](=O)[O-]. The van der Waals surface area contributed by atoms with Gasteiger partial charge < -0.3 is 5.32 Å². The van der Waals surface area contributed by atoms with E-state index >= 15 is 0 Å². The van der Waals surface area contributed by atoms with E-state index in [1.165, 1.54) is 6.33 Å². The maximum Gasteiger partial charge on any atom is 0.348 e. The van der Waals surface area contributed by atoms with Crippen LogP contribution in [0.5, 0.6) is 0 Å². The van der Waals surface area contributed by atoms with Crippen LogP contribution >= 0.6 is 11.6 Å². The van der Waals surface area contributed by atoms with Gasteiger partial charge in [-0.3, -0.25) is 10.1 Å². The quantitative estimate of drug-likeness (QED) is 0.500. The molecular weight excluding hydrogens is 232 g/mol. The summed E-state index contributed by atoms with van der Waals surface area (Å²) in [5.74, 6) is 0.150. The summed E-state index contributed by atoms with van der Waals surface area (Å²) >= 11 is 5.66. The number of rotatable bonds is 4. The van der Waals surface area contributed by atoms with Gasteiger partial charge in [0.2, 0.25) is 11.0 Å². The molecule has 0 saturated heterocycles. The molecule has 6 nitrogen and oxygen atoms in total. The standard InChI is InChI=1S/C9H13ClN4O2/c1-4-9(2,3)13-8-6(14(15)16)7(10)11-5-12-8/h5H,4H2,1-3H3,(H,11,12,13). The molecule has 0 amide bonds. The summed E-state index contributed by atoms with van der Waals surface area (Å²) in [5.41, 5.74) is -0.576. The van der Waals surface area contributed by atoms with Crippen molar-refractivity contribution >= 4 is 23.1 Å². The minimum absolute atomic E-state index is 0.150. The van der Waals surface area contributed by atoms with Crippen LogP contribution in [0.3, 0.4) is 0 Å². The molecule has 0 bridgehead atoms. The van der Waals surface area contributed by atoms with E-state index in [9.17, 15) is 10.1 Å². The van der Waals surface area contributed by atoms with Crippen LogP contribution in [0, 0.1) is 10.1 Å². The number of aromatic nitrogens is 2. The van der Waals surface area contributed by atoms with Gasteiger partial charge in [0.25, 0.3) is 0 Å². The minimum atomic E-state index is -0.587. The topological polar surface area (TPSA) is 81.0 Å². The Balaban J connectivity index is 3.14. The summed E-state index contributed by atoms with van der Waals surface area (Å²) in [6.45, 7) is 5.82. The highest BCUT2D eigenvalue weighted by Gasteiger charge is 2.25. The molecule has 0 unspecified atom stereocenters. The zero-order chi connectivity index (χ0) is 12.3. The third kappa shape index (κ3) is 2.79. The highest BCUT2D eigenvalue weighted by molar-refractivity contribution is 6.31. The Labute approximate surface area is 98.2 Å². The van der Waals surface area contributed by atoms with Gasteiger partial charge in [0.05, 0.1) is 4.92 Å². The Morgan fingerprint density at radius 3 is 2.69 bits per heavy atom. The predicted molar refractivity (Wildman–Crippen MR) is 61.7 cm³/mol. The summed E-state index contributed by atoms with van der Waals surface area (Å²) in [5, 5.41) is 13.6. The fourth-order valence-corrected chi connectivity index (χ4v) is 1.22. The molecule has 0 aliphatic heterocycles. The molecule has 0 aromatic carbocycles. The van der Waals surface area contributed by atoms with Crippen LogP contribution in [-0.4, -0.2) is 20.4 Å². The molecule has 0 atom stereocenters. The largest absolute Gasteiger partial charge is 0.359 e. The van der Waals surface area contributed by atoms with Crippen molar-refractivity contribution in [3.05, 3.63) is 21.6 Å². The van der Waals surface area contributed by atoms with E-state index in [1.807, 2.05) is 20.8 Å². The van der Waals surface area contributed by atoms with Gasteiger partial charge in [0.15, 0.2) is 0 Å². The Morgan fingerprint density at radius 1 is 1.56 bits per heavy atom. The Kier molecular flexibility index (Phi) is 3.64. The number of hydrogen-bond donors (Lipinski definition) is 1. The number of hydrogen-bond acceptors (Lipinski definition) is 5. The average molecular weight is 245 g/mol. The number of halogens is 1. The Hall–Kier alpha value is -1.43. The van der Waals surface area contributed by atoms with Gasteiger partial charge >= 0.3 is 5.69 Å². The second-order valence-electron chi connectivity index (χ2n) is 3.98. The lowest BCUT2D eigenvalue weighted by molar-refractivity contribution is -0.384. The van der Waals surface area contributed by atoms with Gasteiger partial charge in [0.1, 0.15) is 6.33 Å². The normalized spacial score (nSPS) is 11.2. The summed E-state index contributed by atoms with van der Waals surface area (Å²) in [4.78, 5) is 17.7. The van der Waals surface area contributed by atoms with Crippen molar-refractivity contribution in [3.63, 3.8) is 0 Å². The van der Waals surface area contributed by atoms with Gasteiger partial charge in [0, 0.05) is 5.54 Å². The van der Waals surface area contributed by atoms with Gasteiger partial charge in [-0.25, -0.2) is 9.97 Å². The maximum absolute atomic E-state index is 10.8. The van der Waals surface area contributed by atoms with Crippen LogP contribution < -0.4 is 5.32 Å². The predicted octanol–water partition coefficient (Wildman–Crippen LogP) is 2.64. The fourth-order valence-electron chi connectivity index (χ4n) is 1.02. The lowest BCUT2D eigenvalue weighted by Crippen LogP contribution is -2.30. The average Bonchev–Trinajstić information content (AvgIpc) is 2.16. The van der Waals surface area contributed by atoms with Crippen molar-refractivity contribution in [2.75, 3.05) is 5.32 Å². The first-order valence-electron chi connectivity index (χ1n) is 4.80. The van der Waals surface area contributed by atoms with E-state index in [0.717, 1.165) is 6.42 Å². The molecule has 0 fully saturated rings. The molecule has 0 aliphatic rings. The maximum atomic E-state index is 10.8. The molecular formula is C9H13ClN4O2. The third-order valence-electron chi connectivity index (χ3n) is 2.30. The van der Waals surface area contributed by atoms with E-state index in [0.29, 0.717) is 0 Å². The Bertz CT molecular complexity index is 408. The molecule has 1 N–H and O–H groups in total. The van der Waals surface area contributed by atoms with E-state index in [-0.39, 0.29) is 22.2 Å². The number of nitrogens with one attached hydrogen (secondary N) is 1. The highest BCUT2D eigenvalue weighted by Crippen LogP contribution is 2.30. The van der Waals surface area contributed by atoms with Crippen molar-refractivity contribution in [1.82, 2.24) is 9.97 Å². The number of anilines is 1. The lowest BCUT2D eigenvalue weighted by atomic mass is 10.0. The van der Waals surface area contributed by atoms with Crippen LogP contribution in [0.2, 0.25) is 5.15 Å². The molecule has 1 aromatic heterocycles. The minimum Gasteiger partial charge on any atom is -0.359 e. The second-order valence-corrected chi connectivity index (χ2v) is 4.34. The molecule has 1 heterocycles. The van der Waals surface area contributed by atoms with Crippen LogP contribution in [-0.2, 0) is 0 Å². The van der Waals surface area contributed by atoms with Crippen LogP contribution in [0.15, 0.2) is 6.33 Å². The molecule has 88 valence electrons. The van der Waals surface area contributed by atoms with Crippen molar-refractivity contribution in [2.45, 2.75) is 32.7 Å². The number of nitrogens with zero attached hydrogens (tertiary/aromatic N) is 3. The first kappa shape index (κ1) is 12.6. The van der Waals surface area contributed by atoms with Gasteiger partial charge in [-0.1, -0.05) is 18.5 Å². The lowest BCUT2D eigenvalue weighted by Gasteiger charge is -2.24. The van der Waals surface area contributed by atoms with E-state index in [2.05, 4.69) is 15.3 Å². The molecule has 0 radical (unpaired) electrons. The molecule has 0 spiro atoms. The summed E-state index contributed by atoms with van der Waals surface area (Å²) < 4.78 is 0. The van der Waals surface area contributed by atoms with Gasteiger partial charge in [-0.2, -0.15) is 0 Å². The summed E-state index contributed by atoms with van der Waals surface area (Å²) in [6, 6.07) is 0. The fraction of sp³-hybridized carbons (Fsp3) is 0.556. The van der Waals surface area contributed by atoms with Crippen LogP contribution in [0.4, 0.5) is 11.5 Å². The van der Waals surface area contributed by atoms with Crippen molar-refractivity contribution in [1.29, 1.82) is 0 Å². The van der Waals surface area contributed by atoms with Crippen molar-refractivity contribution in [3.8, 4) is 0 Å². The highest BCUT2D eigenvalue weighted by atomic mass is 35.5. The summed E-state index contributed by atoms with van der Waals surface area (Å²) in [7, 11) is 0. The van der Waals surface area contributed by atoms with Crippen LogP contribution in [0.1, 0.15) is 27.2 Å². The zero-order valence-corrected chi connectivity index (χ0v) is 10.1. The summed E-state index contributed by atoms with van der Waals surface area (Å²) in [6.07, 6.45) is 2.00. The van der Waals surface area contributed by atoms with E-state index in [1.54, 1.807) is 0 Å². The van der Waals surface area contributed by atoms with Gasteiger partial charge in [-0.15, -0.1) is 0 Å². The number of nitro groups is 1. The Morgan fingerprint density at radius 2 is 2.19 bits per heavy atom. The molecule has 0 aliphatic carbocycles. The molecule has 1 rings (SSSR count). The molecule has 0 saturated carbocycles. The molecule has 16 heavy (non-hydrogen) atoms. The molecule has 7 heteroatoms. The van der Waals surface area contributed by atoms with Gasteiger partial charge in [-0.05, 0) is 20.3 Å². The van der Waals surface area contributed by atoms with E-state index in [4.69, 9.17) is 11.6 Å². The first-order chi connectivity index (χ1) is 7.37. The van der Waals surface area contributed by atoms with Crippen molar-refractivity contribution in [2.24, 2.45) is 0 Å². The molecule has 1 aromatic rings. The smallest absolute Gasteiger partial charge is 0.348 e.